The summed E-state index contributed by atoms with van der Waals surface area (Å²) in [7, 11) is 0. The molecule has 0 saturated carbocycles. The molecule has 0 aliphatic heterocycles. The number of carbonyl (C=O) groups is 1. The van der Waals surface area contributed by atoms with Crippen LogP contribution in [0.25, 0.3) is 0 Å². The lowest BCUT2D eigenvalue weighted by molar-refractivity contribution is -0.124. The van der Waals surface area contributed by atoms with Crippen LogP contribution in [0.4, 0.5) is 0 Å². The average molecular weight is 271 g/mol. The van der Waals surface area contributed by atoms with E-state index in [1.165, 1.54) is 5.56 Å². The van der Waals surface area contributed by atoms with Crippen LogP contribution in [-0.4, -0.2) is 18.5 Å². The molecule has 0 bridgehead atoms. The molecular formula is C14H23ClN2O. The topological polar surface area (TPSA) is 55.1 Å². The largest absolute Gasteiger partial charge is 0.355 e. The van der Waals surface area contributed by atoms with Gasteiger partial charge < -0.3 is 11.1 Å². The van der Waals surface area contributed by atoms with Gasteiger partial charge in [-0.3, -0.25) is 4.79 Å². The van der Waals surface area contributed by atoms with Gasteiger partial charge in [0.05, 0.1) is 0 Å². The van der Waals surface area contributed by atoms with Crippen LogP contribution in [0.5, 0.6) is 0 Å². The second-order valence-corrected chi connectivity index (χ2v) is 4.70. The van der Waals surface area contributed by atoms with E-state index < -0.39 is 0 Å². The van der Waals surface area contributed by atoms with Gasteiger partial charge in [-0.15, -0.1) is 12.4 Å². The average Bonchev–Trinajstić information content (AvgIpc) is 2.35. The molecule has 0 aliphatic carbocycles. The molecule has 1 aromatic carbocycles. The predicted octanol–water partition coefficient (Wildman–Crippen LogP) is 2.31. The highest BCUT2D eigenvalue weighted by Gasteiger charge is 2.17. The third kappa shape index (κ3) is 5.07. The SMILES string of the molecule is CC(CNC(=O)C(C)C(C)N)c1ccccc1.Cl. The second-order valence-electron chi connectivity index (χ2n) is 4.70. The molecule has 1 aromatic rings. The minimum absolute atomic E-state index is 0. The lowest BCUT2D eigenvalue weighted by Crippen LogP contribution is -2.39. The van der Waals surface area contributed by atoms with Crippen LogP contribution in [0.15, 0.2) is 30.3 Å². The number of amides is 1. The first-order valence-corrected chi connectivity index (χ1v) is 6.10. The number of carbonyl (C=O) groups excluding carboxylic acids is 1. The number of nitrogens with two attached hydrogens (primary N) is 1. The zero-order valence-electron chi connectivity index (χ0n) is 11.2. The Bertz CT molecular complexity index is 354. The third-order valence-electron chi connectivity index (χ3n) is 3.15. The third-order valence-corrected chi connectivity index (χ3v) is 3.15. The zero-order valence-corrected chi connectivity index (χ0v) is 12.0. The molecule has 3 unspecified atom stereocenters. The lowest BCUT2D eigenvalue weighted by atomic mass is 10.00. The summed E-state index contributed by atoms with van der Waals surface area (Å²) in [5.41, 5.74) is 6.93. The van der Waals surface area contributed by atoms with E-state index in [1.807, 2.05) is 32.0 Å². The Morgan fingerprint density at radius 3 is 2.28 bits per heavy atom. The normalized spacial score (nSPS) is 15.1. The summed E-state index contributed by atoms with van der Waals surface area (Å²) in [4.78, 5) is 11.7. The summed E-state index contributed by atoms with van der Waals surface area (Å²) in [6, 6.07) is 10.1. The van der Waals surface area contributed by atoms with E-state index in [2.05, 4.69) is 24.4 Å². The van der Waals surface area contributed by atoms with Crippen LogP contribution in [-0.2, 0) is 4.79 Å². The molecule has 18 heavy (non-hydrogen) atoms. The van der Waals surface area contributed by atoms with Gasteiger partial charge in [-0.2, -0.15) is 0 Å². The maximum atomic E-state index is 11.7. The van der Waals surface area contributed by atoms with Gasteiger partial charge in [0.1, 0.15) is 0 Å². The first kappa shape index (κ1) is 16.9. The van der Waals surface area contributed by atoms with Crippen molar-refractivity contribution in [3.8, 4) is 0 Å². The minimum atomic E-state index is -0.141. The highest BCUT2D eigenvalue weighted by atomic mass is 35.5. The molecule has 0 aromatic heterocycles. The van der Waals surface area contributed by atoms with Crippen molar-refractivity contribution in [1.82, 2.24) is 5.32 Å². The molecule has 3 atom stereocenters. The predicted molar refractivity (Wildman–Crippen MR) is 77.9 cm³/mol. The fraction of sp³-hybridized carbons (Fsp3) is 0.500. The molecule has 0 fully saturated rings. The standard InChI is InChI=1S/C14H22N2O.ClH/c1-10(13-7-5-4-6-8-13)9-16-14(17)11(2)12(3)15;/h4-8,10-12H,9,15H2,1-3H3,(H,16,17);1H. The number of benzene rings is 1. The lowest BCUT2D eigenvalue weighted by Gasteiger charge is -2.18. The van der Waals surface area contributed by atoms with Gasteiger partial charge in [-0.05, 0) is 18.4 Å². The molecule has 102 valence electrons. The number of nitrogens with one attached hydrogen (secondary N) is 1. The Hall–Kier alpha value is -1.06. The number of rotatable bonds is 5. The van der Waals surface area contributed by atoms with Crippen LogP contribution in [0.3, 0.4) is 0 Å². The van der Waals surface area contributed by atoms with Crippen molar-refractivity contribution in [3.63, 3.8) is 0 Å². The van der Waals surface area contributed by atoms with E-state index in [0.717, 1.165) is 0 Å². The van der Waals surface area contributed by atoms with E-state index in [-0.39, 0.29) is 30.3 Å². The molecule has 0 aliphatic rings. The molecule has 0 spiro atoms. The highest BCUT2D eigenvalue weighted by molar-refractivity contribution is 5.85. The summed E-state index contributed by atoms with van der Waals surface area (Å²) in [5, 5.41) is 2.94. The summed E-state index contributed by atoms with van der Waals surface area (Å²) in [6.07, 6.45) is 0. The molecule has 0 saturated heterocycles. The van der Waals surface area contributed by atoms with E-state index in [1.54, 1.807) is 0 Å². The summed E-state index contributed by atoms with van der Waals surface area (Å²) >= 11 is 0. The Kier molecular flexibility index (Phi) is 7.64. The number of hydrogen-bond donors (Lipinski definition) is 2. The van der Waals surface area contributed by atoms with Gasteiger partial charge in [0.15, 0.2) is 0 Å². The maximum Gasteiger partial charge on any atom is 0.224 e. The summed E-state index contributed by atoms with van der Waals surface area (Å²) in [6.45, 7) is 6.46. The highest BCUT2D eigenvalue weighted by Crippen LogP contribution is 2.13. The van der Waals surface area contributed by atoms with Crippen LogP contribution < -0.4 is 11.1 Å². The Morgan fingerprint density at radius 1 is 1.22 bits per heavy atom. The first-order valence-electron chi connectivity index (χ1n) is 6.10. The van der Waals surface area contributed by atoms with Gasteiger partial charge in [-0.25, -0.2) is 0 Å². The van der Waals surface area contributed by atoms with Gasteiger partial charge in [0, 0.05) is 18.5 Å². The molecule has 4 heteroatoms. The number of hydrogen-bond acceptors (Lipinski definition) is 2. The van der Waals surface area contributed by atoms with Crippen molar-refractivity contribution < 1.29 is 4.79 Å². The summed E-state index contributed by atoms with van der Waals surface area (Å²) in [5.74, 6) is 0.209. The van der Waals surface area contributed by atoms with Gasteiger partial charge in [0.25, 0.3) is 0 Å². The Morgan fingerprint density at radius 2 is 1.78 bits per heavy atom. The van der Waals surface area contributed by atoms with Crippen molar-refractivity contribution in [3.05, 3.63) is 35.9 Å². The van der Waals surface area contributed by atoms with Gasteiger partial charge in [0.2, 0.25) is 5.91 Å². The summed E-state index contributed by atoms with van der Waals surface area (Å²) < 4.78 is 0. The molecule has 0 heterocycles. The first-order chi connectivity index (χ1) is 8.02. The van der Waals surface area contributed by atoms with Crippen molar-refractivity contribution >= 4 is 18.3 Å². The molecular weight excluding hydrogens is 248 g/mol. The van der Waals surface area contributed by atoms with Crippen molar-refractivity contribution in [2.75, 3.05) is 6.54 Å². The van der Waals surface area contributed by atoms with Crippen molar-refractivity contribution in [2.24, 2.45) is 11.7 Å². The van der Waals surface area contributed by atoms with Gasteiger partial charge in [-0.1, -0.05) is 44.2 Å². The Labute approximate surface area is 116 Å². The minimum Gasteiger partial charge on any atom is -0.355 e. The smallest absolute Gasteiger partial charge is 0.224 e. The van der Waals surface area contributed by atoms with Crippen LogP contribution in [0, 0.1) is 5.92 Å². The second kappa shape index (κ2) is 8.11. The van der Waals surface area contributed by atoms with Crippen LogP contribution >= 0.6 is 12.4 Å². The van der Waals surface area contributed by atoms with Gasteiger partial charge >= 0.3 is 0 Å². The molecule has 3 N–H and O–H groups in total. The Balaban J connectivity index is 0.00000289. The van der Waals surface area contributed by atoms with Crippen molar-refractivity contribution in [2.45, 2.75) is 32.7 Å². The van der Waals surface area contributed by atoms with Crippen LogP contribution in [0.2, 0.25) is 0 Å². The molecule has 3 nitrogen and oxygen atoms in total. The maximum absolute atomic E-state index is 11.7. The monoisotopic (exact) mass is 270 g/mol. The fourth-order valence-corrected chi connectivity index (χ4v) is 1.55. The number of halogens is 1. The molecule has 0 radical (unpaired) electrons. The van der Waals surface area contributed by atoms with E-state index in [0.29, 0.717) is 12.5 Å². The van der Waals surface area contributed by atoms with E-state index in [4.69, 9.17) is 5.73 Å². The van der Waals surface area contributed by atoms with Crippen LogP contribution in [0.1, 0.15) is 32.3 Å². The van der Waals surface area contributed by atoms with Crippen molar-refractivity contribution in [1.29, 1.82) is 0 Å². The molecule has 1 rings (SSSR count). The zero-order chi connectivity index (χ0) is 12.8. The fourth-order valence-electron chi connectivity index (χ4n) is 1.55. The van der Waals surface area contributed by atoms with E-state index >= 15 is 0 Å². The quantitative estimate of drug-likeness (QED) is 0.863. The molecule has 1 amide bonds. The van der Waals surface area contributed by atoms with E-state index in [9.17, 15) is 4.79 Å².